The van der Waals surface area contributed by atoms with Crippen molar-refractivity contribution < 1.29 is 25.3 Å². The SMILES string of the molecule is Cc1ccc(S(=O)(=O)N[C@@H](C)CN(C[C@H](C)NS(=O)(=O)c2ccc(C)cc2)C[C@H](C)NS(=O)(=O)c2ccc(C)cc2)cc1. The fourth-order valence-electron chi connectivity index (χ4n) is 4.65. The van der Waals surface area contributed by atoms with E-state index in [-0.39, 0.29) is 34.3 Å². The summed E-state index contributed by atoms with van der Waals surface area (Å²) in [7, 11) is -11.4. The number of benzene rings is 3. The second-order valence-electron chi connectivity index (χ2n) is 11.2. The van der Waals surface area contributed by atoms with Gasteiger partial charge < -0.3 is 0 Å². The van der Waals surface area contributed by atoms with Crippen molar-refractivity contribution in [2.75, 3.05) is 19.6 Å². The van der Waals surface area contributed by atoms with Crippen LogP contribution in [-0.2, 0) is 30.1 Å². The number of hydrogen-bond donors (Lipinski definition) is 3. The summed E-state index contributed by atoms with van der Waals surface area (Å²) in [6.45, 7) is 11.3. The van der Waals surface area contributed by atoms with Crippen LogP contribution in [0.5, 0.6) is 0 Å². The third kappa shape index (κ3) is 10.5. The molecular formula is C30H42N4O6S3. The largest absolute Gasteiger partial charge is 0.299 e. The number of nitrogens with one attached hydrogen (secondary N) is 3. The zero-order valence-electron chi connectivity index (χ0n) is 25.4. The van der Waals surface area contributed by atoms with E-state index in [1.54, 1.807) is 57.2 Å². The van der Waals surface area contributed by atoms with Crippen LogP contribution in [0, 0.1) is 20.8 Å². The van der Waals surface area contributed by atoms with Gasteiger partial charge in [0.25, 0.3) is 0 Å². The molecule has 0 fully saturated rings. The molecule has 0 aliphatic carbocycles. The summed E-state index contributed by atoms with van der Waals surface area (Å²) in [5.74, 6) is 0. The Morgan fingerprint density at radius 2 is 0.674 bits per heavy atom. The summed E-state index contributed by atoms with van der Waals surface area (Å²) < 4.78 is 86.1. The van der Waals surface area contributed by atoms with Crippen LogP contribution in [-0.4, -0.2) is 67.9 Å². The molecule has 0 spiro atoms. The normalized spacial score (nSPS) is 14.9. The molecule has 43 heavy (non-hydrogen) atoms. The highest BCUT2D eigenvalue weighted by molar-refractivity contribution is 7.90. The minimum atomic E-state index is -3.82. The highest BCUT2D eigenvalue weighted by atomic mass is 32.2. The Morgan fingerprint density at radius 1 is 0.465 bits per heavy atom. The molecule has 0 unspecified atom stereocenters. The van der Waals surface area contributed by atoms with E-state index in [0.29, 0.717) is 0 Å². The van der Waals surface area contributed by atoms with E-state index in [1.807, 2.05) is 25.7 Å². The lowest BCUT2D eigenvalue weighted by Crippen LogP contribution is -2.51. The molecule has 0 aliphatic heterocycles. The summed E-state index contributed by atoms with van der Waals surface area (Å²) in [6, 6.07) is 17.8. The summed E-state index contributed by atoms with van der Waals surface area (Å²) in [6.07, 6.45) is 0. The molecule has 0 amide bonds. The highest BCUT2D eigenvalue weighted by Gasteiger charge is 2.25. The Hall–Kier alpha value is -2.65. The van der Waals surface area contributed by atoms with Gasteiger partial charge in [-0.25, -0.2) is 39.4 Å². The van der Waals surface area contributed by atoms with Crippen molar-refractivity contribution in [3.8, 4) is 0 Å². The molecule has 0 heterocycles. The molecule has 0 saturated heterocycles. The number of nitrogens with zero attached hydrogens (tertiary/aromatic N) is 1. The molecule has 236 valence electrons. The maximum atomic E-state index is 13.0. The number of rotatable bonds is 15. The Morgan fingerprint density at radius 3 is 0.884 bits per heavy atom. The molecule has 3 aromatic carbocycles. The van der Waals surface area contributed by atoms with Crippen molar-refractivity contribution in [2.45, 2.75) is 74.4 Å². The Bertz CT molecular complexity index is 1470. The van der Waals surface area contributed by atoms with E-state index >= 15 is 0 Å². The summed E-state index contributed by atoms with van der Waals surface area (Å²) in [5, 5.41) is 0. The Kier molecular flexibility index (Phi) is 11.7. The van der Waals surface area contributed by atoms with Crippen molar-refractivity contribution in [3.05, 3.63) is 89.5 Å². The monoisotopic (exact) mass is 650 g/mol. The van der Waals surface area contributed by atoms with Crippen molar-refractivity contribution >= 4 is 30.1 Å². The third-order valence-corrected chi connectivity index (χ3v) is 11.5. The van der Waals surface area contributed by atoms with Gasteiger partial charge in [-0.3, -0.25) is 4.90 Å². The van der Waals surface area contributed by atoms with Crippen molar-refractivity contribution in [1.29, 1.82) is 0 Å². The van der Waals surface area contributed by atoms with Gasteiger partial charge in [-0.2, -0.15) is 0 Å². The van der Waals surface area contributed by atoms with Crippen LogP contribution in [0.1, 0.15) is 37.5 Å². The zero-order valence-corrected chi connectivity index (χ0v) is 27.9. The number of hydrogen-bond acceptors (Lipinski definition) is 7. The molecule has 3 atom stereocenters. The molecule has 3 N–H and O–H groups in total. The fraction of sp³-hybridized carbons (Fsp3) is 0.400. The van der Waals surface area contributed by atoms with E-state index in [4.69, 9.17) is 0 Å². The van der Waals surface area contributed by atoms with Crippen LogP contribution < -0.4 is 14.2 Å². The molecule has 13 heteroatoms. The number of sulfonamides is 3. The van der Waals surface area contributed by atoms with E-state index in [0.717, 1.165) is 16.7 Å². The lowest BCUT2D eigenvalue weighted by atomic mass is 10.2. The average molecular weight is 651 g/mol. The van der Waals surface area contributed by atoms with Crippen LogP contribution in [0.25, 0.3) is 0 Å². The summed E-state index contributed by atoms with van der Waals surface area (Å²) in [5.41, 5.74) is 2.80. The van der Waals surface area contributed by atoms with E-state index < -0.39 is 48.2 Å². The quantitative estimate of drug-likeness (QED) is 0.229. The highest BCUT2D eigenvalue weighted by Crippen LogP contribution is 2.14. The van der Waals surface area contributed by atoms with Gasteiger partial charge in [-0.1, -0.05) is 53.1 Å². The van der Waals surface area contributed by atoms with Crippen molar-refractivity contribution in [1.82, 2.24) is 19.1 Å². The predicted molar refractivity (Wildman–Crippen MR) is 169 cm³/mol. The standard InChI is InChI=1S/C30H42N4O6S3/c1-22-7-13-28(14-8-22)41(35,36)31-25(4)19-34(20-26(5)32-42(37,38)29-15-9-23(2)10-16-29)21-27(6)33-43(39,40)30-17-11-24(3)12-18-30/h7-18,25-27,31-33H,19-21H2,1-6H3/t25-,26-,27-/m0/s1. The molecule has 0 radical (unpaired) electrons. The molecule has 0 saturated carbocycles. The fourth-order valence-corrected chi connectivity index (χ4v) is 8.35. The van der Waals surface area contributed by atoms with E-state index in [2.05, 4.69) is 14.2 Å². The molecule has 0 aliphatic rings. The van der Waals surface area contributed by atoms with E-state index in [1.165, 1.54) is 36.4 Å². The van der Waals surface area contributed by atoms with Gasteiger partial charge in [0.2, 0.25) is 30.1 Å². The first kappa shape index (κ1) is 34.8. The summed E-state index contributed by atoms with van der Waals surface area (Å²) >= 11 is 0. The maximum Gasteiger partial charge on any atom is 0.240 e. The molecular weight excluding hydrogens is 609 g/mol. The van der Waals surface area contributed by atoms with Gasteiger partial charge in [0.05, 0.1) is 14.7 Å². The van der Waals surface area contributed by atoms with Crippen LogP contribution in [0.3, 0.4) is 0 Å². The Balaban J connectivity index is 1.76. The summed E-state index contributed by atoms with van der Waals surface area (Å²) in [4.78, 5) is 2.24. The molecule has 0 aromatic heterocycles. The van der Waals surface area contributed by atoms with Crippen LogP contribution in [0.2, 0.25) is 0 Å². The average Bonchev–Trinajstić information content (AvgIpc) is 2.88. The molecule has 3 rings (SSSR count). The topological polar surface area (TPSA) is 142 Å². The van der Waals surface area contributed by atoms with Crippen LogP contribution in [0.15, 0.2) is 87.5 Å². The van der Waals surface area contributed by atoms with Gasteiger partial charge in [-0.05, 0) is 77.9 Å². The molecule has 3 aromatic rings. The number of aryl methyl sites for hydroxylation is 3. The van der Waals surface area contributed by atoms with Gasteiger partial charge in [0.15, 0.2) is 0 Å². The van der Waals surface area contributed by atoms with Gasteiger partial charge in [0, 0.05) is 37.8 Å². The minimum Gasteiger partial charge on any atom is -0.299 e. The van der Waals surface area contributed by atoms with Crippen molar-refractivity contribution in [2.24, 2.45) is 0 Å². The second kappa shape index (κ2) is 14.4. The smallest absolute Gasteiger partial charge is 0.240 e. The lowest BCUT2D eigenvalue weighted by Gasteiger charge is -2.31. The molecule has 10 nitrogen and oxygen atoms in total. The first-order valence-corrected chi connectivity index (χ1v) is 18.4. The zero-order chi connectivity index (χ0) is 32.0. The van der Waals surface area contributed by atoms with Crippen molar-refractivity contribution in [3.63, 3.8) is 0 Å². The predicted octanol–water partition coefficient (Wildman–Crippen LogP) is 3.31. The maximum absolute atomic E-state index is 13.0. The van der Waals surface area contributed by atoms with Gasteiger partial charge in [-0.15, -0.1) is 0 Å². The first-order valence-electron chi connectivity index (χ1n) is 14.0. The van der Waals surface area contributed by atoms with Gasteiger partial charge in [0.1, 0.15) is 0 Å². The third-order valence-electron chi connectivity index (χ3n) is 6.66. The van der Waals surface area contributed by atoms with Crippen LogP contribution in [0.4, 0.5) is 0 Å². The van der Waals surface area contributed by atoms with Crippen LogP contribution >= 0.6 is 0 Å². The van der Waals surface area contributed by atoms with Gasteiger partial charge >= 0.3 is 0 Å². The lowest BCUT2D eigenvalue weighted by molar-refractivity contribution is 0.226. The Labute approximate surface area is 257 Å². The minimum absolute atomic E-state index is 0.134. The second-order valence-corrected chi connectivity index (χ2v) is 16.4. The van der Waals surface area contributed by atoms with E-state index in [9.17, 15) is 25.3 Å². The first-order chi connectivity index (χ1) is 20.0. The molecule has 0 bridgehead atoms.